The molecular formula is C11H9F2N3O4S. The van der Waals surface area contributed by atoms with Gasteiger partial charge in [-0.25, -0.2) is 31.7 Å². The lowest BCUT2D eigenvalue weighted by Crippen LogP contribution is -2.25. The lowest BCUT2D eigenvalue weighted by molar-refractivity contribution is 0.0685. The van der Waals surface area contributed by atoms with Crippen LogP contribution in [0.15, 0.2) is 29.4 Å². The third kappa shape index (κ3) is 3.06. The van der Waals surface area contributed by atoms with Gasteiger partial charge in [-0.05, 0) is 12.1 Å². The van der Waals surface area contributed by atoms with Crippen LogP contribution in [-0.4, -0.2) is 29.5 Å². The summed E-state index contributed by atoms with van der Waals surface area (Å²) in [7, 11) is -4.35. The number of nitrogens with zero attached hydrogens (tertiary/aromatic N) is 1. The first-order valence-electron chi connectivity index (χ1n) is 5.52. The van der Waals surface area contributed by atoms with Gasteiger partial charge in [-0.15, -0.1) is 0 Å². The molecule has 7 nitrogen and oxygen atoms in total. The molecule has 0 atom stereocenters. The van der Waals surface area contributed by atoms with Gasteiger partial charge in [0.2, 0.25) is 10.0 Å². The van der Waals surface area contributed by atoms with Crippen molar-refractivity contribution < 1.29 is 27.1 Å². The van der Waals surface area contributed by atoms with Gasteiger partial charge >= 0.3 is 5.97 Å². The van der Waals surface area contributed by atoms with Gasteiger partial charge in [0.1, 0.15) is 22.1 Å². The van der Waals surface area contributed by atoms with Crippen LogP contribution in [0.1, 0.15) is 16.2 Å². The number of carboxylic acid groups (broad SMARTS) is 1. The van der Waals surface area contributed by atoms with E-state index in [1.807, 2.05) is 4.72 Å². The van der Waals surface area contributed by atoms with Crippen LogP contribution in [0.3, 0.4) is 0 Å². The molecule has 0 spiro atoms. The average molecular weight is 317 g/mol. The Kier molecular flexibility index (Phi) is 4.00. The molecule has 0 radical (unpaired) electrons. The average Bonchev–Trinajstić information content (AvgIpc) is 2.88. The molecule has 1 aromatic heterocycles. The molecule has 3 N–H and O–H groups in total. The lowest BCUT2D eigenvalue weighted by Gasteiger charge is -2.08. The molecule has 2 rings (SSSR count). The van der Waals surface area contributed by atoms with Crippen LogP contribution in [0.25, 0.3) is 0 Å². The minimum atomic E-state index is -4.35. The number of H-pyrrole nitrogens is 1. The third-order valence-electron chi connectivity index (χ3n) is 2.54. The Morgan fingerprint density at radius 3 is 2.67 bits per heavy atom. The zero-order valence-corrected chi connectivity index (χ0v) is 11.1. The highest BCUT2D eigenvalue weighted by atomic mass is 32.2. The molecule has 0 unspecified atom stereocenters. The number of halogens is 2. The van der Waals surface area contributed by atoms with Crippen molar-refractivity contribution in [3.05, 3.63) is 47.5 Å². The van der Waals surface area contributed by atoms with Crippen molar-refractivity contribution in [2.75, 3.05) is 0 Å². The fourth-order valence-corrected chi connectivity index (χ4v) is 2.64. The lowest BCUT2D eigenvalue weighted by atomic mass is 10.2. The number of benzene rings is 1. The predicted octanol–water partition coefficient (Wildman–Crippen LogP) is 0.865. The summed E-state index contributed by atoms with van der Waals surface area (Å²) in [6.45, 7) is -0.255. The summed E-state index contributed by atoms with van der Waals surface area (Å²) in [6.07, 6.45) is 2.86. The van der Waals surface area contributed by atoms with E-state index in [1.54, 1.807) is 0 Å². The standard InChI is InChI=1S/C11H9F2N3O4S/c12-6-1-2-7(10(13)9(6)11(17)18)21(19,20)16-5-8-14-3-4-15-8/h1-4,16H,5H2,(H,14,15)(H,17,18). The highest BCUT2D eigenvalue weighted by Gasteiger charge is 2.26. The molecule has 21 heavy (non-hydrogen) atoms. The van der Waals surface area contributed by atoms with Gasteiger partial charge in [0, 0.05) is 12.4 Å². The first-order valence-corrected chi connectivity index (χ1v) is 7.00. The number of aromatic carboxylic acids is 1. The van der Waals surface area contributed by atoms with E-state index in [4.69, 9.17) is 5.11 Å². The van der Waals surface area contributed by atoms with E-state index >= 15 is 0 Å². The monoisotopic (exact) mass is 317 g/mol. The number of nitrogens with one attached hydrogen (secondary N) is 2. The molecule has 0 saturated carbocycles. The maximum atomic E-state index is 13.9. The molecule has 0 aliphatic carbocycles. The summed E-state index contributed by atoms with van der Waals surface area (Å²) in [6, 6.07) is 1.23. The largest absolute Gasteiger partial charge is 0.477 e. The number of aromatic nitrogens is 2. The van der Waals surface area contributed by atoms with Gasteiger partial charge in [-0.1, -0.05) is 0 Å². The Morgan fingerprint density at radius 1 is 1.38 bits per heavy atom. The van der Waals surface area contributed by atoms with E-state index in [0.717, 1.165) is 0 Å². The minimum Gasteiger partial charge on any atom is -0.477 e. The zero-order chi connectivity index (χ0) is 15.6. The second-order valence-electron chi connectivity index (χ2n) is 3.90. The van der Waals surface area contributed by atoms with Crippen LogP contribution in [0.5, 0.6) is 0 Å². The highest BCUT2D eigenvalue weighted by Crippen LogP contribution is 2.21. The maximum Gasteiger partial charge on any atom is 0.341 e. The van der Waals surface area contributed by atoms with Gasteiger partial charge in [0.15, 0.2) is 5.82 Å². The van der Waals surface area contributed by atoms with E-state index in [1.165, 1.54) is 12.4 Å². The molecule has 0 aliphatic heterocycles. The predicted molar refractivity (Wildman–Crippen MR) is 65.9 cm³/mol. The maximum absolute atomic E-state index is 13.9. The van der Waals surface area contributed by atoms with Gasteiger partial charge in [0.25, 0.3) is 0 Å². The Morgan fingerprint density at radius 2 is 2.10 bits per heavy atom. The second-order valence-corrected chi connectivity index (χ2v) is 5.64. The summed E-state index contributed by atoms with van der Waals surface area (Å²) in [5.41, 5.74) is -1.32. The fourth-order valence-electron chi connectivity index (χ4n) is 1.57. The molecule has 0 amide bonds. The van der Waals surface area contributed by atoms with Crippen molar-refractivity contribution >= 4 is 16.0 Å². The molecular weight excluding hydrogens is 308 g/mol. The second kappa shape index (κ2) is 5.58. The number of imidazole rings is 1. The minimum absolute atomic E-state index is 0.255. The van der Waals surface area contributed by atoms with Gasteiger partial charge in [-0.3, -0.25) is 0 Å². The van der Waals surface area contributed by atoms with Crippen LogP contribution in [0.2, 0.25) is 0 Å². The molecule has 2 aromatic rings. The van der Waals surface area contributed by atoms with Crippen LogP contribution in [0, 0.1) is 11.6 Å². The van der Waals surface area contributed by atoms with Crippen molar-refractivity contribution in [2.24, 2.45) is 0 Å². The van der Waals surface area contributed by atoms with Gasteiger partial charge in [0.05, 0.1) is 6.54 Å². The Labute approximate surface area is 117 Å². The number of carboxylic acids is 1. The van der Waals surface area contributed by atoms with Crippen LogP contribution in [0.4, 0.5) is 8.78 Å². The number of hydrogen-bond acceptors (Lipinski definition) is 4. The quantitative estimate of drug-likeness (QED) is 0.757. The summed E-state index contributed by atoms with van der Waals surface area (Å²) >= 11 is 0. The molecule has 1 heterocycles. The highest BCUT2D eigenvalue weighted by molar-refractivity contribution is 7.89. The summed E-state index contributed by atoms with van der Waals surface area (Å²) < 4.78 is 53.0. The number of rotatable bonds is 5. The van der Waals surface area contributed by atoms with Crippen LogP contribution in [-0.2, 0) is 16.6 Å². The van der Waals surface area contributed by atoms with Crippen molar-refractivity contribution in [1.82, 2.24) is 14.7 Å². The van der Waals surface area contributed by atoms with E-state index in [-0.39, 0.29) is 12.4 Å². The molecule has 0 bridgehead atoms. The van der Waals surface area contributed by atoms with Crippen molar-refractivity contribution in [2.45, 2.75) is 11.4 Å². The number of aromatic amines is 1. The molecule has 112 valence electrons. The van der Waals surface area contributed by atoms with Crippen molar-refractivity contribution in [1.29, 1.82) is 0 Å². The summed E-state index contributed by atoms with van der Waals surface area (Å²) in [5.74, 6) is -4.63. The Balaban J connectivity index is 2.36. The number of sulfonamides is 1. The normalized spacial score (nSPS) is 11.5. The van der Waals surface area contributed by atoms with E-state index in [2.05, 4.69) is 9.97 Å². The van der Waals surface area contributed by atoms with Crippen LogP contribution >= 0.6 is 0 Å². The van der Waals surface area contributed by atoms with E-state index in [9.17, 15) is 22.0 Å². The van der Waals surface area contributed by atoms with E-state index in [0.29, 0.717) is 12.1 Å². The molecule has 0 saturated heterocycles. The number of hydrogen-bond donors (Lipinski definition) is 3. The topological polar surface area (TPSA) is 112 Å². The zero-order valence-electron chi connectivity index (χ0n) is 10.3. The van der Waals surface area contributed by atoms with Crippen molar-refractivity contribution in [3.63, 3.8) is 0 Å². The Hall–Kier alpha value is -2.33. The summed E-state index contributed by atoms with van der Waals surface area (Å²) in [5, 5.41) is 8.71. The Bertz CT molecular complexity index is 775. The molecule has 0 fully saturated rings. The molecule has 0 aliphatic rings. The van der Waals surface area contributed by atoms with Crippen molar-refractivity contribution in [3.8, 4) is 0 Å². The molecule has 10 heteroatoms. The first kappa shape index (κ1) is 15.1. The van der Waals surface area contributed by atoms with E-state index < -0.39 is 38.1 Å². The van der Waals surface area contributed by atoms with Gasteiger partial charge < -0.3 is 10.1 Å². The number of carbonyl (C=O) groups is 1. The van der Waals surface area contributed by atoms with Gasteiger partial charge in [-0.2, -0.15) is 0 Å². The third-order valence-corrected chi connectivity index (χ3v) is 3.96. The molecule has 1 aromatic carbocycles. The SMILES string of the molecule is O=C(O)c1c(F)ccc(S(=O)(=O)NCc2ncc[nH]2)c1F. The first-order chi connectivity index (χ1) is 9.83. The fraction of sp³-hybridized carbons (Fsp3) is 0.0909. The summed E-state index contributed by atoms with van der Waals surface area (Å²) in [4.78, 5) is 16.2. The smallest absolute Gasteiger partial charge is 0.341 e. The van der Waals surface area contributed by atoms with Crippen LogP contribution < -0.4 is 4.72 Å².